The fourth-order valence-electron chi connectivity index (χ4n) is 1.75. The number of nitrogens with one attached hydrogen (secondary N) is 1. The molecule has 1 rings (SSSR count). The third kappa shape index (κ3) is 4.17. The Hall–Kier alpha value is -1.39. The van der Waals surface area contributed by atoms with E-state index < -0.39 is 12.0 Å². The lowest BCUT2D eigenvalue weighted by atomic mass is 9.97. The molecule has 0 saturated heterocycles. The zero-order valence-corrected chi connectivity index (χ0v) is 9.97. The van der Waals surface area contributed by atoms with E-state index in [1.165, 1.54) is 0 Å². The largest absolute Gasteiger partial charge is 0.480 e. The molecule has 0 saturated carbocycles. The fraction of sp³-hybridized carbons (Fsp3) is 0.462. The van der Waals surface area contributed by atoms with E-state index in [1.54, 1.807) is 0 Å². The van der Waals surface area contributed by atoms with E-state index in [9.17, 15) is 4.79 Å². The highest BCUT2D eigenvalue weighted by molar-refractivity contribution is 5.73. The van der Waals surface area contributed by atoms with Gasteiger partial charge in [0.05, 0.1) is 0 Å². The lowest BCUT2D eigenvalue weighted by Crippen LogP contribution is -2.43. The molecular weight excluding hydrogens is 218 g/mol. The topological polar surface area (TPSA) is 69.6 Å². The van der Waals surface area contributed by atoms with E-state index in [1.807, 2.05) is 37.3 Å². The summed E-state index contributed by atoms with van der Waals surface area (Å²) in [6.45, 7) is 2.25. The molecule has 0 aliphatic heterocycles. The smallest absolute Gasteiger partial charge is 0.321 e. The van der Waals surface area contributed by atoms with Crippen molar-refractivity contribution in [2.24, 2.45) is 5.92 Å². The van der Waals surface area contributed by atoms with Gasteiger partial charge in [0.25, 0.3) is 0 Å². The number of carbonyl (C=O) groups is 1. The van der Waals surface area contributed by atoms with Crippen LogP contribution in [0.1, 0.15) is 18.9 Å². The molecule has 0 spiro atoms. The first kappa shape index (κ1) is 13.7. The highest BCUT2D eigenvalue weighted by Crippen LogP contribution is 2.09. The van der Waals surface area contributed by atoms with E-state index >= 15 is 0 Å². The summed E-state index contributed by atoms with van der Waals surface area (Å²) in [6.07, 6.45) is 0.634. The quantitative estimate of drug-likeness (QED) is 0.667. The number of carboxylic acid groups (broad SMARTS) is 1. The second-order valence-electron chi connectivity index (χ2n) is 4.03. The monoisotopic (exact) mass is 237 g/mol. The van der Waals surface area contributed by atoms with E-state index in [-0.39, 0.29) is 12.5 Å². The molecule has 0 heterocycles. The van der Waals surface area contributed by atoms with Crippen molar-refractivity contribution in [2.45, 2.75) is 25.9 Å². The Balaban J connectivity index is 2.59. The number of rotatable bonds is 7. The Bertz CT molecular complexity index is 336. The van der Waals surface area contributed by atoms with Crippen LogP contribution in [0.15, 0.2) is 30.3 Å². The van der Waals surface area contributed by atoms with Crippen molar-refractivity contribution in [1.82, 2.24) is 5.32 Å². The zero-order valence-electron chi connectivity index (χ0n) is 9.97. The van der Waals surface area contributed by atoms with Gasteiger partial charge in [-0.15, -0.1) is 0 Å². The Morgan fingerprint density at radius 2 is 2.00 bits per heavy atom. The summed E-state index contributed by atoms with van der Waals surface area (Å²) in [6, 6.07) is 8.91. The molecule has 2 atom stereocenters. The molecule has 4 nitrogen and oxygen atoms in total. The van der Waals surface area contributed by atoms with Gasteiger partial charge in [-0.25, -0.2) is 0 Å². The molecule has 3 N–H and O–H groups in total. The summed E-state index contributed by atoms with van der Waals surface area (Å²) >= 11 is 0. The molecule has 1 aromatic carbocycles. The van der Waals surface area contributed by atoms with Gasteiger partial charge in [-0.05, 0) is 12.0 Å². The third-order valence-electron chi connectivity index (χ3n) is 2.87. The Morgan fingerprint density at radius 3 is 2.47 bits per heavy atom. The summed E-state index contributed by atoms with van der Waals surface area (Å²) in [4.78, 5) is 11.1. The van der Waals surface area contributed by atoms with Crippen LogP contribution >= 0.6 is 0 Å². The van der Waals surface area contributed by atoms with E-state index in [0.717, 1.165) is 5.56 Å². The maximum absolute atomic E-state index is 11.1. The van der Waals surface area contributed by atoms with Crippen molar-refractivity contribution in [1.29, 1.82) is 0 Å². The first-order chi connectivity index (χ1) is 8.19. The molecule has 0 amide bonds. The lowest BCUT2D eigenvalue weighted by molar-refractivity contribution is -0.141. The number of aliphatic hydroxyl groups is 1. The summed E-state index contributed by atoms with van der Waals surface area (Å²) in [5, 5.41) is 21.2. The number of hydrogen-bond acceptors (Lipinski definition) is 3. The van der Waals surface area contributed by atoms with Crippen molar-refractivity contribution in [3.05, 3.63) is 35.9 Å². The van der Waals surface area contributed by atoms with Crippen LogP contribution in [-0.4, -0.2) is 28.8 Å². The maximum atomic E-state index is 11.1. The average Bonchev–Trinajstić information content (AvgIpc) is 2.35. The van der Waals surface area contributed by atoms with E-state index in [0.29, 0.717) is 13.0 Å². The van der Waals surface area contributed by atoms with E-state index in [4.69, 9.17) is 10.2 Å². The van der Waals surface area contributed by atoms with Gasteiger partial charge in [-0.1, -0.05) is 37.3 Å². The van der Waals surface area contributed by atoms with Crippen LogP contribution in [-0.2, 0) is 11.3 Å². The Labute approximate surface area is 101 Å². The summed E-state index contributed by atoms with van der Waals surface area (Å²) in [5.74, 6) is -1.17. The third-order valence-corrected chi connectivity index (χ3v) is 2.87. The van der Waals surface area contributed by atoms with Gasteiger partial charge >= 0.3 is 5.97 Å². The molecule has 0 aliphatic carbocycles. The first-order valence-corrected chi connectivity index (χ1v) is 5.80. The minimum absolute atomic E-state index is 0.116. The molecule has 0 aliphatic rings. The van der Waals surface area contributed by atoms with Gasteiger partial charge in [0.2, 0.25) is 0 Å². The summed E-state index contributed by atoms with van der Waals surface area (Å²) < 4.78 is 0. The lowest BCUT2D eigenvalue weighted by Gasteiger charge is -2.22. The Morgan fingerprint density at radius 1 is 1.35 bits per heavy atom. The first-order valence-electron chi connectivity index (χ1n) is 5.80. The van der Waals surface area contributed by atoms with Crippen LogP contribution in [0.3, 0.4) is 0 Å². The van der Waals surface area contributed by atoms with Crippen LogP contribution in [0, 0.1) is 5.92 Å². The normalized spacial score (nSPS) is 14.2. The number of aliphatic carboxylic acids is 1. The van der Waals surface area contributed by atoms with Crippen LogP contribution in [0.25, 0.3) is 0 Å². The molecule has 1 unspecified atom stereocenters. The Kier molecular flexibility index (Phi) is 5.66. The van der Waals surface area contributed by atoms with Crippen molar-refractivity contribution >= 4 is 5.97 Å². The average molecular weight is 237 g/mol. The van der Waals surface area contributed by atoms with Gasteiger partial charge in [-0.3, -0.25) is 10.1 Å². The predicted molar refractivity (Wildman–Crippen MR) is 65.6 cm³/mol. The molecule has 94 valence electrons. The van der Waals surface area contributed by atoms with E-state index in [2.05, 4.69) is 5.32 Å². The summed E-state index contributed by atoms with van der Waals surface area (Å²) in [5.41, 5.74) is 1.03. The fourth-order valence-corrected chi connectivity index (χ4v) is 1.75. The second kappa shape index (κ2) is 7.04. The van der Waals surface area contributed by atoms with Crippen LogP contribution in [0.5, 0.6) is 0 Å². The predicted octanol–water partition coefficient (Wildman–Crippen LogP) is 1.25. The van der Waals surface area contributed by atoms with Gasteiger partial charge in [0.15, 0.2) is 0 Å². The molecule has 4 heteroatoms. The maximum Gasteiger partial charge on any atom is 0.321 e. The van der Waals surface area contributed by atoms with Crippen LogP contribution in [0.2, 0.25) is 0 Å². The molecule has 0 radical (unpaired) electrons. The number of benzene rings is 1. The molecule has 0 fully saturated rings. The van der Waals surface area contributed by atoms with Crippen molar-refractivity contribution in [3.8, 4) is 0 Å². The van der Waals surface area contributed by atoms with Gasteiger partial charge in [0, 0.05) is 19.1 Å². The molecule has 17 heavy (non-hydrogen) atoms. The molecule has 0 aromatic heterocycles. The highest BCUT2D eigenvalue weighted by Gasteiger charge is 2.25. The van der Waals surface area contributed by atoms with Gasteiger partial charge in [0.1, 0.15) is 6.04 Å². The summed E-state index contributed by atoms with van der Waals surface area (Å²) in [7, 11) is 0. The number of aliphatic hydroxyl groups excluding tert-OH is 1. The number of hydrogen-bond donors (Lipinski definition) is 3. The molecule has 0 bridgehead atoms. The molecule has 1 aromatic rings. The second-order valence-corrected chi connectivity index (χ2v) is 4.03. The zero-order chi connectivity index (χ0) is 12.7. The standard InChI is InChI=1S/C13H19NO3/c1-2-11(9-15)12(13(16)17)14-8-10-6-4-3-5-7-10/h3-7,11-12,14-15H,2,8-9H2,1H3,(H,16,17)/t11-,12?/m1/s1. The molecular formula is C13H19NO3. The minimum atomic E-state index is -0.915. The van der Waals surface area contributed by atoms with Gasteiger partial charge in [-0.2, -0.15) is 0 Å². The van der Waals surface area contributed by atoms with Gasteiger partial charge < -0.3 is 10.2 Å². The SMILES string of the molecule is CC[C@H](CO)C(NCc1ccccc1)C(=O)O. The van der Waals surface area contributed by atoms with Crippen molar-refractivity contribution in [3.63, 3.8) is 0 Å². The van der Waals surface area contributed by atoms with Crippen LogP contribution < -0.4 is 5.32 Å². The van der Waals surface area contributed by atoms with Crippen molar-refractivity contribution < 1.29 is 15.0 Å². The number of carboxylic acids is 1. The van der Waals surface area contributed by atoms with Crippen molar-refractivity contribution in [2.75, 3.05) is 6.61 Å². The van der Waals surface area contributed by atoms with Crippen LogP contribution in [0.4, 0.5) is 0 Å². The minimum Gasteiger partial charge on any atom is -0.480 e. The highest BCUT2D eigenvalue weighted by atomic mass is 16.4.